The summed E-state index contributed by atoms with van der Waals surface area (Å²) in [5, 5.41) is 2.84. The van der Waals surface area contributed by atoms with Gasteiger partial charge in [-0.15, -0.1) is 0 Å². The van der Waals surface area contributed by atoms with Gasteiger partial charge >= 0.3 is 5.69 Å². The SMILES string of the molecule is CNc1cc(=O)[nH]c(=O)n1Cc1ccccc1. The Morgan fingerprint density at radius 2 is 1.94 bits per heavy atom. The number of hydrogen-bond donors (Lipinski definition) is 2. The molecule has 0 bridgehead atoms. The van der Waals surface area contributed by atoms with Crippen LogP contribution >= 0.6 is 0 Å². The number of aromatic nitrogens is 2. The van der Waals surface area contributed by atoms with E-state index in [4.69, 9.17) is 0 Å². The topological polar surface area (TPSA) is 66.9 Å². The Morgan fingerprint density at radius 3 is 2.59 bits per heavy atom. The van der Waals surface area contributed by atoms with Crippen LogP contribution in [-0.2, 0) is 6.54 Å². The van der Waals surface area contributed by atoms with Gasteiger partial charge in [0.1, 0.15) is 5.82 Å². The van der Waals surface area contributed by atoms with Gasteiger partial charge in [-0.3, -0.25) is 14.3 Å². The molecule has 1 aromatic heterocycles. The number of aromatic amines is 1. The molecule has 0 aliphatic heterocycles. The van der Waals surface area contributed by atoms with Gasteiger partial charge in [0.15, 0.2) is 0 Å². The predicted molar refractivity (Wildman–Crippen MR) is 66.4 cm³/mol. The second kappa shape index (κ2) is 4.69. The van der Waals surface area contributed by atoms with E-state index in [2.05, 4.69) is 10.3 Å². The smallest absolute Gasteiger partial charge is 0.330 e. The molecule has 1 aromatic carbocycles. The number of nitrogens with one attached hydrogen (secondary N) is 2. The van der Waals surface area contributed by atoms with Crippen molar-refractivity contribution in [1.29, 1.82) is 0 Å². The summed E-state index contributed by atoms with van der Waals surface area (Å²) < 4.78 is 1.48. The molecule has 5 nitrogen and oxygen atoms in total. The molecule has 0 saturated carbocycles. The van der Waals surface area contributed by atoms with Crippen LogP contribution in [0.5, 0.6) is 0 Å². The Hall–Kier alpha value is -2.30. The quantitative estimate of drug-likeness (QED) is 0.814. The molecule has 0 unspecified atom stereocenters. The van der Waals surface area contributed by atoms with Gasteiger partial charge in [0, 0.05) is 13.1 Å². The van der Waals surface area contributed by atoms with E-state index in [1.54, 1.807) is 7.05 Å². The summed E-state index contributed by atoms with van der Waals surface area (Å²) >= 11 is 0. The van der Waals surface area contributed by atoms with Crippen molar-refractivity contribution in [2.45, 2.75) is 6.54 Å². The van der Waals surface area contributed by atoms with Crippen LogP contribution in [0.25, 0.3) is 0 Å². The van der Waals surface area contributed by atoms with Crippen LogP contribution in [0.2, 0.25) is 0 Å². The molecule has 0 radical (unpaired) electrons. The van der Waals surface area contributed by atoms with Crippen LogP contribution in [0, 0.1) is 0 Å². The minimum Gasteiger partial charge on any atom is -0.374 e. The van der Waals surface area contributed by atoms with E-state index in [9.17, 15) is 9.59 Å². The standard InChI is InChI=1S/C12H13N3O2/c1-13-10-7-11(16)14-12(17)15(10)8-9-5-3-2-4-6-9/h2-7,13H,8H2,1H3,(H,14,16,17). The molecule has 2 rings (SSSR count). The van der Waals surface area contributed by atoms with Crippen LogP contribution in [0.3, 0.4) is 0 Å². The minimum absolute atomic E-state index is 0.399. The lowest BCUT2D eigenvalue weighted by atomic mass is 10.2. The summed E-state index contributed by atoms with van der Waals surface area (Å²) in [7, 11) is 1.68. The van der Waals surface area contributed by atoms with Crippen molar-refractivity contribution in [3.8, 4) is 0 Å². The first-order valence-electron chi connectivity index (χ1n) is 5.26. The van der Waals surface area contributed by atoms with Crippen LogP contribution in [-0.4, -0.2) is 16.6 Å². The fourth-order valence-corrected chi connectivity index (χ4v) is 1.65. The third-order valence-corrected chi connectivity index (χ3v) is 2.47. The fourth-order valence-electron chi connectivity index (χ4n) is 1.65. The molecule has 17 heavy (non-hydrogen) atoms. The first kappa shape index (κ1) is 11.2. The van der Waals surface area contributed by atoms with Gasteiger partial charge in [0.05, 0.1) is 6.54 Å². The maximum absolute atomic E-state index is 11.7. The number of nitrogens with zero attached hydrogens (tertiary/aromatic N) is 1. The molecule has 0 aliphatic carbocycles. The number of rotatable bonds is 3. The van der Waals surface area contributed by atoms with Crippen molar-refractivity contribution >= 4 is 5.82 Å². The van der Waals surface area contributed by atoms with E-state index in [1.807, 2.05) is 30.3 Å². The minimum atomic E-state index is -0.411. The van der Waals surface area contributed by atoms with E-state index in [0.717, 1.165) is 5.56 Å². The van der Waals surface area contributed by atoms with Gasteiger partial charge in [-0.05, 0) is 5.56 Å². The van der Waals surface area contributed by atoms with Crippen molar-refractivity contribution in [3.05, 3.63) is 62.8 Å². The third-order valence-electron chi connectivity index (χ3n) is 2.47. The zero-order valence-electron chi connectivity index (χ0n) is 9.43. The monoisotopic (exact) mass is 231 g/mol. The molecule has 0 aliphatic rings. The second-order valence-electron chi connectivity index (χ2n) is 3.65. The summed E-state index contributed by atoms with van der Waals surface area (Å²) in [6.07, 6.45) is 0. The predicted octanol–water partition coefficient (Wildman–Crippen LogP) is 0.627. The molecule has 2 N–H and O–H groups in total. The van der Waals surface area contributed by atoms with Crippen LogP contribution in [0.1, 0.15) is 5.56 Å². The van der Waals surface area contributed by atoms with Crippen molar-refractivity contribution in [2.24, 2.45) is 0 Å². The maximum Gasteiger partial charge on any atom is 0.330 e. The number of H-pyrrole nitrogens is 1. The highest BCUT2D eigenvalue weighted by molar-refractivity contribution is 5.33. The molecule has 0 amide bonds. The van der Waals surface area contributed by atoms with E-state index in [-0.39, 0.29) is 0 Å². The van der Waals surface area contributed by atoms with Crippen molar-refractivity contribution in [1.82, 2.24) is 9.55 Å². The van der Waals surface area contributed by atoms with Gasteiger partial charge in [0.2, 0.25) is 0 Å². The molecule has 5 heteroatoms. The lowest BCUT2D eigenvalue weighted by Gasteiger charge is -2.11. The average Bonchev–Trinajstić information content (AvgIpc) is 2.33. The second-order valence-corrected chi connectivity index (χ2v) is 3.65. The molecule has 2 aromatic rings. The third kappa shape index (κ3) is 2.44. The van der Waals surface area contributed by atoms with Crippen LogP contribution in [0.4, 0.5) is 5.82 Å². The molecule has 0 saturated heterocycles. The Balaban J connectivity index is 2.46. The molecule has 0 fully saturated rings. The van der Waals surface area contributed by atoms with Crippen molar-refractivity contribution in [2.75, 3.05) is 12.4 Å². The highest BCUT2D eigenvalue weighted by Gasteiger charge is 2.04. The highest BCUT2D eigenvalue weighted by atomic mass is 16.2. The fraction of sp³-hybridized carbons (Fsp3) is 0.167. The van der Waals surface area contributed by atoms with E-state index in [1.165, 1.54) is 10.6 Å². The Labute approximate surface area is 97.7 Å². The average molecular weight is 231 g/mol. The maximum atomic E-state index is 11.7. The van der Waals surface area contributed by atoms with Gasteiger partial charge in [-0.2, -0.15) is 0 Å². The summed E-state index contributed by atoms with van der Waals surface area (Å²) in [4.78, 5) is 25.1. The molecule has 0 spiro atoms. The summed E-state index contributed by atoms with van der Waals surface area (Å²) in [5.74, 6) is 0.502. The number of anilines is 1. The summed E-state index contributed by atoms with van der Waals surface area (Å²) in [6, 6.07) is 11.0. The highest BCUT2D eigenvalue weighted by Crippen LogP contribution is 2.05. The molecule has 1 heterocycles. The molecular formula is C12H13N3O2. The lowest BCUT2D eigenvalue weighted by molar-refractivity contribution is 0.729. The first-order chi connectivity index (χ1) is 8.20. The molecule has 88 valence electrons. The van der Waals surface area contributed by atoms with E-state index >= 15 is 0 Å². The normalized spacial score (nSPS) is 10.2. The van der Waals surface area contributed by atoms with E-state index in [0.29, 0.717) is 12.4 Å². The lowest BCUT2D eigenvalue weighted by Crippen LogP contribution is -2.31. The van der Waals surface area contributed by atoms with Crippen molar-refractivity contribution in [3.63, 3.8) is 0 Å². The van der Waals surface area contributed by atoms with Gasteiger partial charge in [-0.25, -0.2) is 4.79 Å². The molecule has 0 atom stereocenters. The van der Waals surface area contributed by atoms with Gasteiger partial charge < -0.3 is 5.32 Å². The molecular weight excluding hydrogens is 218 g/mol. The number of hydrogen-bond acceptors (Lipinski definition) is 3. The summed E-state index contributed by atoms with van der Waals surface area (Å²) in [5.41, 5.74) is 0.188. The first-order valence-corrected chi connectivity index (χ1v) is 5.26. The van der Waals surface area contributed by atoms with Crippen molar-refractivity contribution < 1.29 is 0 Å². The Bertz CT molecular complexity index is 614. The van der Waals surface area contributed by atoms with Crippen LogP contribution in [0.15, 0.2) is 46.0 Å². The zero-order valence-corrected chi connectivity index (χ0v) is 9.43. The Morgan fingerprint density at radius 1 is 1.24 bits per heavy atom. The van der Waals surface area contributed by atoms with Gasteiger partial charge in [-0.1, -0.05) is 30.3 Å². The summed E-state index contributed by atoms with van der Waals surface area (Å²) in [6.45, 7) is 0.423. The largest absolute Gasteiger partial charge is 0.374 e. The Kier molecular flexibility index (Phi) is 3.09. The van der Waals surface area contributed by atoms with Crippen LogP contribution < -0.4 is 16.6 Å². The zero-order chi connectivity index (χ0) is 12.3. The van der Waals surface area contributed by atoms with Gasteiger partial charge in [0.25, 0.3) is 5.56 Å². The number of benzene rings is 1. The van der Waals surface area contributed by atoms with E-state index < -0.39 is 11.2 Å².